The van der Waals surface area contributed by atoms with Gasteiger partial charge in [0, 0.05) is 38.2 Å². The average molecular weight is 352 g/mol. The third kappa shape index (κ3) is 4.42. The van der Waals surface area contributed by atoms with Crippen LogP contribution >= 0.6 is 0 Å². The van der Waals surface area contributed by atoms with E-state index in [1.165, 1.54) is 5.56 Å². The van der Waals surface area contributed by atoms with Gasteiger partial charge in [-0.05, 0) is 30.2 Å². The molecule has 1 saturated heterocycles. The van der Waals surface area contributed by atoms with Crippen LogP contribution in [0.15, 0.2) is 54.6 Å². The standard InChI is InChI=1S/C21H24N2O3/c1-26-19-9-5-8-18(16-19)21(25)23-14-12-22(13-15-23)20(24)11-10-17-6-3-2-4-7-17/h2-9,16H,10-15H2,1H3. The summed E-state index contributed by atoms with van der Waals surface area (Å²) in [6, 6.07) is 17.2. The zero-order valence-corrected chi connectivity index (χ0v) is 15.1. The van der Waals surface area contributed by atoms with Crippen molar-refractivity contribution in [1.82, 2.24) is 9.80 Å². The molecule has 2 amide bonds. The number of hydrogen-bond donors (Lipinski definition) is 0. The Morgan fingerprint density at radius 1 is 0.923 bits per heavy atom. The molecule has 1 fully saturated rings. The predicted molar refractivity (Wildman–Crippen MR) is 100 cm³/mol. The largest absolute Gasteiger partial charge is 0.497 e. The molecule has 3 rings (SSSR count). The summed E-state index contributed by atoms with van der Waals surface area (Å²) in [5.41, 5.74) is 1.79. The molecule has 5 heteroatoms. The van der Waals surface area contributed by atoms with E-state index in [4.69, 9.17) is 4.74 Å². The molecular formula is C21H24N2O3. The Labute approximate surface area is 154 Å². The maximum atomic E-state index is 12.6. The molecule has 0 spiro atoms. The van der Waals surface area contributed by atoms with Crippen molar-refractivity contribution < 1.29 is 14.3 Å². The Balaban J connectivity index is 1.50. The van der Waals surface area contributed by atoms with Crippen LogP contribution in [0.5, 0.6) is 5.75 Å². The summed E-state index contributed by atoms with van der Waals surface area (Å²) in [5.74, 6) is 0.813. The van der Waals surface area contributed by atoms with E-state index in [1.54, 1.807) is 24.1 Å². The SMILES string of the molecule is COc1cccc(C(=O)N2CCN(C(=O)CCc3ccccc3)CC2)c1. The molecule has 2 aromatic rings. The van der Waals surface area contributed by atoms with E-state index in [-0.39, 0.29) is 11.8 Å². The number of hydrogen-bond acceptors (Lipinski definition) is 3. The van der Waals surface area contributed by atoms with Crippen LogP contribution in [0, 0.1) is 0 Å². The molecule has 26 heavy (non-hydrogen) atoms. The van der Waals surface area contributed by atoms with Crippen molar-refractivity contribution in [1.29, 1.82) is 0 Å². The number of piperazine rings is 1. The zero-order chi connectivity index (χ0) is 18.4. The van der Waals surface area contributed by atoms with Gasteiger partial charge in [0.25, 0.3) is 5.91 Å². The fourth-order valence-electron chi connectivity index (χ4n) is 3.15. The number of rotatable bonds is 5. The van der Waals surface area contributed by atoms with Crippen LogP contribution in [0.4, 0.5) is 0 Å². The van der Waals surface area contributed by atoms with Gasteiger partial charge < -0.3 is 14.5 Å². The number of aryl methyl sites for hydroxylation is 1. The molecule has 0 radical (unpaired) electrons. The molecule has 1 aliphatic heterocycles. The number of amides is 2. The molecule has 136 valence electrons. The van der Waals surface area contributed by atoms with E-state index in [9.17, 15) is 9.59 Å². The van der Waals surface area contributed by atoms with Crippen LogP contribution < -0.4 is 4.74 Å². The molecule has 0 unspecified atom stereocenters. The van der Waals surface area contributed by atoms with Crippen molar-refractivity contribution in [2.75, 3.05) is 33.3 Å². The molecular weight excluding hydrogens is 328 g/mol. The lowest BCUT2D eigenvalue weighted by Crippen LogP contribution is -2.50. The highest BCUT2D eigenvalue weighted by atomic mass is 16.5. The lowest BCUT2D eigenvalue weighted by molar-refractivity contribution is -0.132. The molecule has 0 atom stereocenters. The Bertz CT molecular complexity index is 753. The third-order valence-corrected chi connectivity index (χ3v) is 4.71. The molecule has 0 aromatic heterocycles. The van der Waals surface area contributed by atoms with E-state index in [1.807, 2.05) is 47.4 Å². The van der Waals surface area contributed by atoms with Crippen molar-refractivity contribution in [2.24, 2.45) is 0 Å². The molecule has 2 aromatic carbocycles. The Hall–Kier alpha value is -2.82. The first-order valence-electron chi connectivity index (χ1n) is 8.92. The number of carbonyl (C=O) groups is 2. The summed E-state index contributed by atoms with van der Waals surface area (Å²) in [6.07, 6.45) is 1.26. The van der Waals surface area contributed by atoms with Gasteiger partial charge in [-0.1, -0.05) is 36.4 Å². The highest BCUT2D eigenvalue weighted by molar-refractivity contribution is 5.94. The maximum Gasteiger partial charge on any atom is 0.254 e. The summed E-state index contributed by atoms with van der Waals surface area (Å²) in [6.45, 7) is 2.30. The fraction of sp³-hybridized carbons (Fsp3) is 0.333. The van der Waals surface area contributed by atoms with Gasteiger partial charge in [-0.15, -0.1) is 0 Å². The van der Waals surface area contributed by atoms with Crippen LogP contribution in [0.3, 0.4) is 0 Å². The van der Waals surface area contributed by atoms with Crippen molar-refractivity contribution >= 4 is 11.8 Å². The maximum absolute atomic E-state index is 12.6. The molecule has 1 heterocycles. The van der Waals surface area contributed by atoms with Gasteiger partial charge in [-0.3, -0.25) is 9.59 Å². The van der Waals surface area contributed by atoms with E-state index in [0.717, 1.165) is 6.42 Å². The molecule has 1 aliphatic rings. The second kappa shape index (κ2) is 8.52. The van der Waals surface area contributed by atoms with Gasteiger partial charge in [0.1, 0.15) is 5.75 Å². The van der Waals surface area contributed by atoms with E-state index >= 15 is 0 Å². The highest BCUT2D eigenvalue weighted by Gasteiger charge is 2.24. The first-order chi connectivity index (χ1) is 12.7. The van der Waals surface area contributed by atoms with Crippen LogP contribution in [-0.4, -0.2) is 54.9 Å². The second-order valence-corrected chi connectivity index (χ2v) is 6.39. The quantitative estimate of drug-likeness (QED) is 0.831. The molecule has 5 nitrogen and oxygen atoms in total. The van der Waals surface area contributed by atoms with Crippen molar-refractivity contribution in [3.8, 4) is 5.75 Å². The Morgan fingerprint density at radius 2 is 1.62 bits per heavy atom. The van der Waals surface area contributed by atoms with Gasteiger partial charge in [-0.25, -0.2) is 0 Å². The summed E-state index contributed by atoms with van der Waals surface area (Å²) in [4.78, 5) is 28.7. The van der Waals surface area contributed by atoms with Gasteiger partial charge in [0.15, 0.2) is 0 Å². The summed E-state index contributed by atoms with van der Waals surface area (Å²) in [5, 5.41) is 0. The molecule has 0 N–H and O–H groups in total. The number of ether oxygens (including phenoxy) is 1. The Kier molecular flexibility index (Phi) is 5.89. The van der Waals surface area contributed by atoms with Crippen molar-refractivity contribution in [3.05, 3.63) is 65.7 Å². The smallest absolute Gasteiger partial charge is 0.254 e. The minimum Gasteiger partial charge on any atom is -0.497 e. The van der Waals surface area contributed by atoms with Gasteiger partial charge >= 0.3 is 0 Å². The van der Waals surface area contributed by atoms with E-state index in [0.29, 0.717) is 43.9 Å². The summed E-state index contributed by atoms with van der Waals surface area (Å²) in [7, 11) is 1.59. The fourth-order valence-corrected chi connectivity index (χ4v) is 3.15. The van der Waals surface area contributed by atoms with E-state index < -0.39 is 0 Å². The number of carbonyl (C=O) groups excluding carboxylic acids is 2. The van der Waals surface area contributed by atoms with Crippen LogP contribution in [0.1, 0.15) is 22.3 Å². The predicted octanol–water partition coefficient (Wildman–Crippen LogP) is 2.61. The van der Waals surface area contributed by atoms with Crippen LogP contribution in [0.25, 0.3) is 0 Å². The molecule has 0 bridgehead atoms. The lowest BCUT2D eigenvalue weighted by atomic mass is 10.1. The minimum absolute atomic E-state index is 0.0136. The number of methoxy groups -OCH3 is 1. The zero-order valence-electron chi connectivity index (χ0n) is 15.1. The monoisotopic (exact) mass is 352 g/mol. The number of benzene rings is 2. The second-order valence-electron chi connectivity index (χ2n) is 6.39. The topological polar surface area (TPSA) is 49.9 Å². The van der Waals surface area contributed by atoms with E-state index in [2.05, 4.69) is 0 Å². The molecule has 0 aliphatic carbocycles. The number of nitrogens with zero attached hydrogens (tertiary/aromatic N) is 2. The Morgan fingerprint density at radius 3 is 2.31 bits per heavy atom. The first-order valence-corrected chi connectivity index (χ1v) is 8.92. The van der Waals surface area contributed by atoms with Crippen LogP contribution in [-0.2, 0) is 11.2 Å². The van der Waals surface area contributed by atoms with Gasteiger partial charge in [-0.2, -0.15) is 0 Å². The normalized spacial score (nSPS) is 14.2. The van der Waals surface area contributed by atoms with Gasteiger partial charge in [0.2, 0.25) is 5.91 Å². The third-order valence-electron chi connectivity index (χ3n) is 4.71. The molecule has 0 saturated carbocycles. The minimum atomic E-state index is -0.0136. The van der Waals surface area contributed by atoms with Crippen molar-refractivity contribution in [3.63, 3.8) is 0 Å². The van der Waals surface area contributed by atoms with Crippen LogP contribution in [0.2, 0.25) is 0 Å². The van der Waals surface area contributed by atoms with Crippen molar-refractivity contribution in [2.45, 2.75) is 12.8 Å². The average Bonchev–Trinajstić information content (AvgIpc) is 2.72. The summed E-state index contributed by atoms with van der Waals surface area (Å²) >= 11 is 0. The highest BCUT2D eigenvalue weighted by Crippen LogP contribution is 2.16. The lowest BCUT2D eigenvalue weighted by Gasteiger charge is -2.35. The van der Waals surface area contributed by atoms with Gasteiger partial charge in [0.05, 0.1) is 7.11 Å². The first kappa shape index (κ1) is 18.0. The summed E-state index contributed by atoms with van der Waals surface area (Å²) < 4.78 is 5.18.